The fourth-order valence-electron chi connectivity index (χ4n) is 5.40. The monoisotopic (exact) mass is 551 g/mol. The van der Waals surface area contributed by atoms with E-state index in [-0.39, 0.29) is 30.6 Å². The molecule has 0 unspecified atom stereocenters. The van der Waals surface area contributed by atoms with Gasteiger partial charge in [-0.05, 0) is 37.1 Å². The summed E-state index contributed by atoms with van der Waals surface area (Å²) >= 11 is 0. The predicted molar refractivity (Wildman–Crippen MR) is 146 cm³/mol. The lowest BCUT2D eigenvalue weighted by Gasteiger charge is -2.34. The number of carboxylic acids is 1. The third kappa shape index (κ3) is 5.36. The average Bonchev–Trinajstić information content (AvgIpc) is 2.98. The van der Waals surface area contributed by atoms with Crippen molar-refractivity contribution in [2.45, 2.75) is 44.2 Å². The summed E-state index contributed by atoms with van der Waals surface area (Å²) in [5, 5.41) is 23.8. The third-order valence-corrected chi connectivity index (χ3v) is 7.75. The maximum atomic E-state index is 13.7. The summed E-state index contributed by atoms with van der Waals surface area (Å²) in [7, 11) is 1.56. The molecule has 1 amide bonds. The van der Waals surface area contributed by atoms with Gasteiger partial charge in [0.25, 0.3) is 11.5 Å². The van der Waals surface area contributed by atoms with Gasteiger partial charge in [-0.15, -0.1) is 0 Å². The quantitative estimate of drug-likeness (QED) is 0.378. The molecule has 5 rings (SSSR count). The van der Waals surface area contributed by atoms with Crippen LogP contribution in [0.3, 0.4) is 0 Å². The van der Waals surface area contributed by atoms with Crippen molar-refractivity contribution in [2.75, 3.05) is 40.0 Å². The molecule has 1 saturated carbocycles. The fourth-order valence-corrected chi connectivity index (χ4v) is 5.40. The molecule has 212 valence electrons. The molecule has 1 aromatic carbocycles. The second-order valence-electron chi connectivity index (χ2n) is 10.2. The number of amides is 1. The second kappa shape index (κ2) is 11.6. The zero-order chi connectivity index (χ0) is 28.3. The van der Waals surface area contributed by atoms with Crippen molar-refractivity contribution in [3.63, 3.8) is 0 Å². The number of pyridine rings is 1. The van der Waals surface area contributed by atoms with E-state index in [1.165, 1.54) is 10.8 Å². The number of carboxylic acid groups (broad SMARTS) is 1. The number of aromatic hydroxyl groups is 1. The molecule has 3 aromatic rings. The molecule has 0 radical (unpaired) electrons. The Morgan fingerprint density at radius 3 is 2.45 bits per heavy atom. The van der Waals surface area contributed by atoms with Gasteiger partial charge in [0.1, 0.15) is 22.4 Å². The number of aliphatic carboxylic acids is 1. The number of rotatable bonds is 8. The highest BCUT2D eigenvalue weighted by atomic mass is 16.5. The van der Waals surface area contributed by atoms with Crippen LogP contribution in [-0.4, -0.2) is 87.0 Å². The second-order valence-corrected chi connectivity index (χ2v) is 10.2. The Balaban J connectivity index is 1.59. The lowest BCUT2D eigenvalue weighted by molar-refractivity contribution is -0.145. The van der Waals surface area contributed by atoms with Crippen molar-refractivity contribution >= 4 is 23.0 Å². The molecule has 2 aliphatic rings. The molecular formula is C28H33N5O7. The van der Waals surface area contributed by atoms with Crippen LogP contribution >= 0.6 is 0 Å². The van der Waals surface area contributed by atoms with Crippen molar-refractivity contribution in [1.29, 1.82) is 0 Å². The van der Waals surface area contributed by atoms with Crippen molar-refractivity contribution < 1.29 is 29.3 Å². The van der Waals surface area contributed by atoms with Crippen LogP contribution in [0.2, 0.25) is 0 Å². The largest absolute Gasteiger partial charge is 0.505 e. The summed E-state index contributed by atoms with van der Waals surface area (Å²) in [6.07, 6.45) is 4.14. The molecule has 0 atom stereocenters. The first-order valence-corrected chi connectivity index (χ1v) is 13.5. The minimum Gasteiger partial charge on any atom is -0.505 e. The number of carbonyl (C=O) groups excluding carboxylic acids is 1. The smallest absolute Gasteiger partial charge is 0.329 e. The maximum absolute atomic E-state index is 13.7. The van der Waals surface area contributed by atoms with Gasteiger partial charge in [-0.3, -0.25) is 19.1 Å². The van der Waals surface area contributed by atoms with E-state index in [1.54, 1.807) is 31.4 Å². The lowest BCUT2D eigenvalue weighted by Crippen LogP contribution is -2.56. The minimum atomic E-state index is -1.50. The zero-order valence-electron chi connectivity index (χ0n) is 22.4. The van der Waals surface area contributed by atoms with Crippen molar-refractivity contribution in [2.24, 2.45) is 0 Å². The number of morpholine rings is 1. The first-order valence-electron chi connectivity index (χ1n) is 13.5. The number of fused-ring (bicyclic) bond motifs is 1. The molecular weight excluding hydrogens is 518 g/mol. The minimum absolute atomic E-state index is 0.0203. The summed E-state index contributed by atoms with van der Waals surface area (Å²) in [6, 6.07) is 7.10. The Hall–Kier alpha value is -4.03. The van der Waals surface area contributed by atoms with Crippen LogP contribution in [-0.2, 0) is 16.1 Å². The topological polar surface area (TPSA) is 156 Å². The van der Waals surface area contributed by atoms with Crippen LogP contribution in [0, 0.1) is 0 Å². The number of methoxy groups -OCH3 is 1. The third-order valence-electron chi connectivity index (χ3n) is 7.75. The van der Waals surface area contributed by atoms with Gasteiger partial charge in [-0.2, -0.15) is 0 Å². The highest BCUT2D eigenvalue weighted by molar-refractivity contribution is 6.03. The SMILES string of the molecule is COc1ccc(-c2cnc3c(n2)c(O)c(C(=O)NC2(C(=O)O)CCCCC2)c(=O)n3CCN2CCOCC2)cc1. The molecule has 2 aromatic heterocycles. The lowest BCUT2D eigenvalue weighted by atomic mass is 9.81. The van der Waals surface area contributed by atoms with Crippen molar-refractivity contribution in [3.8, 4) is 22.8 Å². The van der Waals surface area contributed by atoms with Crippen LogP contribution in [0.1, 0.15) is 42.5 Å². The maximum Gasteiger partial charge on any atom is 0.329 e. The Labute approximate surface area is 230 Å². The van der Waals surface area contributed by atoms with E-state index in [2.05, 4.69) is 20.2 Å². The standard InChI is InChI=1S/C28H33N5O7/c1-39-19-7-5-18(6-8-19)20-17-29-24-22(30-20)23(34)21(25(35)31-28(27(37)38)9-3-2-4-10-28)26(36)33(24)12-11-32-13-15-40-16-14-32/h5-8,17,34H,2-4,9-16H2,1H3,(H,31,35)(H,37,38). The number of carbonyl (C=O) groups is 2. The highest BCUT2D eigenvalue weighted by Crippen LogP contribution is 2.31. The first kappa shape index (κ1) is 27.5. The Bertz CT molecular complexity index is 1460. The van der Waals surface area contributed by atoms with Gasteiger partial charge < -0.3 is 25.0 Å². The van der Waals surface area contributed by atoms with E-state index in [4.69, 9.17) is 9.47 Å². The fraction of sp³-hybridized carbons (Fsp3) is 0.464. The Morgan fingerprint density at radius 1 is 1.10 bits per heavy atom. The molecule has 1 aliphatic carbocycles. The van der Waals surface area contributed by atoms with Crippen LogP contribution in [0.5, 0.6) is 11.5 Å². The van der Waals surface area contributed by atoms with Gasteiger partial charge in [-0.25, -0.2) is 14.8 Å². The van der Waals surface area contributed by atoms with Gasteiger partial charge in [-0.1, -0.05) is 19.3 Å². The first-order chi connectivity index (χ1) is 19.3. The molecule has 2 fully saturated rings. The van der Waals surface area contributed by atoms with E-state index < -0.39 is 34.3 Å². The van der Waals surface area contributed by atoms with Gasteiger partial charge in [0.2, 0.25) is 0 Å². The number of benzene rings is 1. The summed E-state index contributed by atoms with van der Waals surface area (Å²) in [4.78, 5) is 50.7. The molecule has 0 bridgehead atoms. The summed E-state index contributed by atoms with van der Waals surface area (Å²) < 4.78 is 12.0. The van der Waals surface area contributed by atoms with Crippen LogP contribution < -0.4 is 15.6 Å². The van der Waals surface area contributed by atoms with E-state index in [9.17, 15) is 24.6 Å². The summed E-state index contributed by atoms with van der Waals surface area (Å²) in [5.41, 5.74) is -1.56. The Morgan fingerprint density at radius 2 is 1.80 bits per heavy atom. The van der Waals surface area contributed by atoms with E-state index >= 15 is 0 Å². The molecule has 12 nitrogen and oxygen atoms in total. The predicted octanol–water partition coefficient (Wildman–Crippen LogP) is 2.02. The number of hydrogen-bond donors (Lipinski definition) is 3. The number of ether oxygens (including phenoxy) is 2. The molecule has 3 N–H and O–H groups in total. The molecule has 1 aliphatic heterocycles. The van der Waals surface area contributed by atoms with Crippen molar-refractivity contribution in [1.82, 2.24) is 24.8 Å². The van der Waals surface area contributed by atoms with Crippen LogP contribution in [0.15, 0.2) is 35.3 Å². The molecule has 3 heterocycles. The number of nitrogens with zero attached hydrogens (tertiary/aromatic N) is 4. The van der Waals surface area contributed by atoms with E-state index in [0.29, 0.717) is 62.7 Å². The molecule has 12 heteroatoms. The van der Waals surface area contributed by atoms with Gasteiger partial charge in [0.05, 0.1) is 32.2 Å². The van der Waals surface area contributed by atoms with Gasteiger partial charge in [0, 0.05) is 31.7 Å². The molecule has 40 heavy (non-hydrogen) atoms. The van der Waals surface area contributed by atoms with Gasteiger partial charge in [0.15, 0.2) is 11.4 Å². The number of hydrogen-bond acceptors (Lipinski definition) is 9. The summed E-state index contributed by atoms with van der Waals surface area (Å²) in [6.45, 7) is 3.25. The van der Waals surface area contributed by atoms with Crippen molar-refractivity contribution in [3.05, 3.63) is 46.4 Å². The average molecular weight is 552 g/mol. The molecule has 0 spiro atoms. The normalized spacial score (nSPS) is 17.4. The Kier molecular flexibility index (Phi) is 7.99. The van der Waals surface area contributed by atoms with Crippen LogP contribution in [0.25, 0.3) is 22.4 Å². The van der Waals surface area contributed by atoms with E-state index in [0.717, 1.165) is 6.42 Å². The number of aromatic nitrogens is 3. The molecule has 1 saturated heterocycles. The summed E-state index contributed by atoms with van der Waals surface area (Å²) in [5.74, 6) is -2.06. The number of nitrogens with one attached hydrogen (secondary N) is 1. The zero-order valence-corrected chi connectivity index (χ0v) is 22.4. The van der Waals surface area contributed by atoms with Gasteiger partial charge >= 0.3 is 5.97 Å². The van der Waals surface area contributed by atoms with E-state index in [1.807, 2.05) is 0 Å². The van der Waals surface area contributed by atoms with Crippen LogP contribution in [0.4, 0.5) is 0 Å². The highest BCUT2D eigenvalue weighted by Gasteiger charge is 2.42.